The predicted molar refractivity (Wildman–Crippen MR) is 117 cm³/mol. The second kappa shape index (κ2) is 8.99. The van der Waals surface area contributed by atoms with Gasteiger partial charge in [0.2, 0.25) is 0 Å². The minimum atomic E-state index is -4.69. The Morgan fingerprint density at radius 2 is 1.91 bits per heavy atom. The fourth-order valence-electron chi connectivity index (χ4n) is 4.36. The average Bonchev–Trinajstić information content (AvgIpc) is 3.21. The third-order valence-electron chi connectivity index (χ3n) is 6.31. The molecule has 1 fully saturated rings. The predicted octanol–water partition coefficient (Wildman–Crippen LogP) is 5.49. The molecule has 0 bridgehead atoms. The molecule has 7 nitrogen and oxygen atoms in total. The molecule has 2 aromatic heterocycles. The minimum Gasteiger partial charge on any atom is -0.494 e. The first-order valence-corrected chi connectivity index (χ1v) is 10.9. The Morgan fingerprint density at radius 1 is 1.18 bits per heavy atom. The number of nitrogens with one attached hydrogen (secondary N) is 1. The summed E-state index contributed by atoms with van der Waals surface area (Å²) in [5, 5.41) is 8.09. The molecule has 33 heavy (non-hydrogen) atoms. The van der Waals surface area contributed by atoms with E-state index in [1.165, 1.54) is 20.0 Å². The summed E-state index contributed by atoms with van der Waals surface area (Å²) in [5.41, 5.74) is -0.636. The van der Waals surface area contributed by atoms with Crippen molar-refractivity contribution in [3.05, 3.63) is 42.1 Å². The van der Waals surface area contributed by atoms with Crippen molar-refractivity contribution in [3.63, 3.8) is 0 Å². The number of alkyl halides is 3. The smallest absolute Gasteiger partial charge is 0.434 e. The molecule has 0 spiro atoms. The number of carbonyl (C=O) groups is 1. The zero-order chi connectivity index (χ0) is 23.8. The lowest BCUT2D eigenvalue weighted by Crippen LogP contribution is -2.21. The van der Waals surface area contributed by atoms with E-state index in [0.717, 1.165) is 35.9 Å². The highest BCUT2D eigenvalue weighted by molar-refractivity contribution is 6.04. The number of halogens is 3. The second-order valence-corrected chi connectivity index (χ2v) is 8.77. The van der Waals surface area contributed by atoms with E-state index in [2.05, 4.69) is 29.1 Å². The SMILES string of the molecule is COc1cc2nn(C3CCC(C(C)C)CC3)cc2cc1NC(=O)c1cncc(C(F)(F)F)n1. The first-order valence-electron chi connectivity index (χ1n) is 10.9. The fourth-order valence-corrected chi connectivity index (χ4v) is 4.36. The highest BCUT2D eigenvalue weighted by Crippen LogP contribution is 2.37. The number of anilines is 1. The standard InChI is InChI=1S/C23H26F3N5O2/c1-13(2)14-4-6-16(7-5-14)31-12-15-8-18(20(33-3)9-17(15)30-31)29-22(32)19-10-27-11-21(28-19)23(24,25)26/h8-14,16H,4-7H2,1-3H3,(H,29,32). The van der Waals surface area contributed by atoms with E-state index in [4.69, 9.17) is 9.84 Å². The maximum atomic E-state index is 12.9. The van der Waals surface area contributed by atoms with E-state index >= 15 is 0 Å². The van der Waals surface area contributed by atoms with Crippen molar-refractivity contribution in [2.45, 2.75) is 51.7 Å². The van der Waals surface area contributed by atoms with Gasteiger partial charge in [0.05, 0.1) is 36.7 Å². The Morgan fingerprint density at radius 3 is 2.55 bits per heavy atom. The molecule has 0 atom stereocenters. The molecule has 10 heteroatoms. The molecule has 1 aliphatic rings. The minimum absolute atomic E-state index is 0.316. The largest absolute Gasteiger partial charge is 0.494 e. The topological polar surface area (TPSA) is 81.9 Å². The monoisotopic (exact) mass is 461 g/mol. The van der Waals surface area contributed by atoms with Gasteiger partial charge in [-0.2, -0.15) is 18.3 Å². The normalized spacial score (nSPS) is 19.1. The van der Waals surface area contributed by atoms with Crippen molar-refractivity contribution in [3.8, 4) is 5.75 Å². The Balaban J connectivity index is 1.56. The molecule has 176 valence electrons. The van der Waals surface area contributed by atoms with Crippen LogP contribution in [0, 0.1) is 11.8 Å². The van der Waals surface area contributed by atoms with Crippen molar-refractivity contribution >= 4 is 22.5 Å². The number of ether oxygens (including phenoxy) is 1. The first kappa shape index (κ1) is 23.0. The fraction of sp³-hybridized carbons (Fsp3) is 0.478. The zero-order valence-corrected chi connectivity index (χ0v) is 18.7. The lowest BCUT2D eigenvalue weighted by Gasteiger charge is -2.30. The van der Waals surface area contributed by atoms with Gasteiger partial charge in [0, 0.05) is 17.6 Å². The van der Waals surface area contributed by atoms with Gasteiger partial charge in [-0.1, -0.05) is 13.8 Å². The molecule has 0 radical (unpaired) electrons. The van der Waals surface area contributed by atoms with Gasteiger partial charge in [-0.15, -0.1) is 0 Å². The van der Waals surface area contributed by atoms with Crippen LogP contribution in [0.25, 0.3) is 10.9 Å². The van der Waals surface area contributed by atoms with E-state index in [1.807, 2.05) is 10.9 Å². The van der Waals surface area contributed by atoms with Gasteiger partial charge < -0.3 is 10.1 Å². The van der Waals surface area contributed by atoms with E-state index in [9.17, 15) is 18.0 Å². The lowest BCUT2D eigenvalue weighted by atomic mass is 9.80. The molecule has 0 aliphatic heterocycles. The van der Waals surface area contributed by atoms with Gasteiger partial charge in [0.1, 0.15) is 11.4 Å². The summed E-state index contributed by atoms with van der Waals surface area (Å²) in [6.45, 7) is 4.53. The quantitative estimate of drug-likeness (QED) is 0.543. The van der Waals surface area contributed by atoms with Crippen LogP contribution in [0.1, 0.15) is 61.8 Å². The van der Waals surface area contributed by atoms with Crippen LogP contribution in [-0.2, 0) is 6.18 Å². The maximum Gasteiger partial charge on any atom is 0.434 e. The van der Waals surface area contributed by atoms with Gasteiger partial charge >= 0.3 is 6.18 Å². The van der Waals surface area contributed by atoms with Crippen LogP contribution in [0.5, 0.6) is 5.75 Å². The van der Waals surface area contributed by atoms with Crippen LogP contribution in [0.2, 0.25) is 0 Å². The van der Waals surface area contributed by atoms with E-state index in [0.29, 0.717) is 29.6 Å². The summed E-state index contributed by atoms with van der Waals surface area (Å²) in [7, 11) is 1.45. The van der Waals surface area contributed by atoms with Gasteiger partial charge in [0.15, 0.2) is 5.69 Å². The van der Waals surface area contributed by atoms with Crippen LogP contribution >= 0.6 is 0 Å². The molecular formula is C23H26F3N5O2. The second-order valence-electron chi connectivity index (χ2n) is 8.77. The highest BCUT2D eigenvalue weighted by Gasteiger charge is 2.33. The number of hydrogen-bond acceptors (Lipinski definition) is 5. The number of methoxy groups -OCH3 is 1. The zero-order valence-electron chi connectivity index (χ0n) is 18.7. The van der Waals surface area contributed by atoms with E-state index in [1.54, 1.807) is 12.1 Å². The van der Waals surface area contributed by atoms with Gasteiger partial charge in [-0.25, -0.2) is 4.98 Å². The van der Waals surface area contributed by atoms with Crippen molar-refractivity contribution in [1.29, 1.82) is 0 Å². The summed E-state index contributed by atoms with van der Waals surface area (Å²) < 4.78 is 46.1. The van der Waals surface area contributed by atoms with Crippen LogP contribution < -0.4 is 10.1 Å². The lowest BCUT2D eigenvalue weighted by molar-refractivity contribution is -0.141. The first-order chi connectivity index (χ1) is 15.7. The molecule has 0 unspecified atom stereocenters. The Kier molecular flexibility index (Phi) is 6.27. The maximum absolute atomic E-state index is 12.9. The number of nitrogens with zero attached hydrogens (tertiary/aromatic N) is 4. The average molecular weight is 461 g/mol. The molecule has 1 aliphatic carbocycles. The molecule has 0 saturated heterocycles. The van der Waals surface area contributed by atoms with Crippen molar-refractivity contribution in [2.75, 3.05) is 12.4 Å². The van der Waals surface area contributed by atoms with E-state index in [-0.39, 0.29) is 0 Å². The van der Waals surface area contributed by atoms with Gasteiger partial charge in [0.25, 0.3) is 5.91 Å². The third kappa shape index (κ3) is 4.94. The number of hydrogen-bond donors (Lipinski definition) is 1. The molecule has 1 aromatic carbocycles. The van der Waals surface area contributed by atoms with Gasteiger partial charge in [-0.3, -0.25) is 14.5 Å². The van der Waals surface area contributed by atoms with Crippen LogP contribution in [0.4, 0.5) is 18.9 Å². The molecule has 1 saturated carbocycles. The Bertz CT molecular complexity index is 1150. The van der Waals surface area contributed by atoms with Crippen molar-refractivity contribution in [1.82, 2.24) is 19.7 Å². The number of amides is 1. The number of benzene rings is 1. The highest BCUT2D eigenvalue weighted by atomic mass is 19.4. The number of aromatic nitrogens is 4. The summed E-state index contributed by atoms with van der Waals surface area (Å²) in [6.07, 6.45) is 3.27. The molecule has 2 heterocycles. The number of rotatable bonds is 5. The summed E-state index contributed by atoms with van der Waals surface area (Å²) in [4.78, 5) is 19.5. The van der Waals surface area contributed by atoms with Crippen LogP contribution in [0.3, 0.4) is 0 Å². The van der Waals surface area contributed by atoms with Crippen LogP contribution in [0.15, 0.2) is 30.7 Å². The van der Waals surface area contributed by atoms with Crippen molar-refractivity contribution < 1.29 is 22.7 Å². The number of carbonyl (C=O) groups excluding carboxylic acids is 1. The molecule has 4 rings (SSSR count). The van der Waals surface area contributed by atoms with Crippen molar-refractivity contribution in [2.24, 2.45) is 11.8 Å². The van der Waals surface area contributed by atoms with E-state index < -0.39 is 23.5 Å². The Hall–Kier alpha value is -3.17. The number of fused-ring (bicyclic) bond motifs is 1. The molecule has 1 N–H and O–H groups in total. The summed E-state index contributed by atoms with van der Waals surface area (Å²) in [6, 6.07) is 3.73. The van der Waals surface area contributed by atoms with Gasteiger partial charge in [-0.05, 0) is 43.6 Å². The third-order valence-corrected chi connectivity index (χ3v) is 6.31. The Labute approximate surface area is 189 Å². The van der Waals surface area contributed by atoms with Crippen LogP contribution in [-0.4, -0.2) is 32.8 Å². The summed E-state index contributed by atoms with van der Waals surface area (Å²) >= 11 is 0. The molecular weight excluding hydrogens is 435 g/mol. The summed E-state index contributed by atoms with van der Waals surface area (Å²) in [5.74, 6) is 0.960. The molecule has 3 aromatic rings. The molecule has 1 amide bonds.